The van der Waals surface area contributed by atoms with E-state index < -0.39 is 29.2 Å². The number of hydrogen-bond acceptors (Lipinski definition) is 11. The number of benzene rings is 3. The van der Waals surface area contributed by atoms with Gasteiger partial charge in [0, 0.05) is 28.4 Å². The first-order valence-electron chi connectivity index (χ1n) is 14.1. The number of hydrogen-bond donors (Lipinski definition) is 4. The van der Waals surface area contributed by atoms with Gasteiger partial charge in [0.1, 0.15) is 19.0 Å². The molecule has 1 aliphatic rings. The monoisotopic (exact) mass is 731 g/mol. The number of nitro benzene ring substituents is 1. The van der Waals surface area contributed by atoms with E-state index in [9.17, 15) is 24.8 Å². The Morgan fingerprint density at radius 1 is 1.17 bits per heavy atom. The number of nitrogens with one attached hydrogen (secondary N) is 3. The van der Waals surface area contributed by atoms with Crippen molar-refractivity contribution in [1.29, 1.82) is 0 Å². The van der Waals surface area contributed by atoms with Crippen LogP contribution in [-0.2, 0) is 16.1 Å². The molecule has 2 amide bonds. The molecule has 14 nitrogen and oxygen atoms in total. The number of esters is 1. The van der Waals surface area contributed by atoms with Gasteiger partial charge in [-0.05, 0) is 77.3 Å². The highest BCUT2D eigenvalue weighted by molar-refractivity contribution is 9.10. The molecule has 0 radical (unpaired) electrons. The fourth-order valence-electron chi connectivity index (χ4n) is 4.51. The van der Waals surface area contributed by atoms with Crippen LogP contribution in [0, 0.1) is 10.1 Å². The zero-order valence-electron chi connectivity index (χ0n) is 25.4. The average Bonchev–Trinajstić information content (AvgIpc) is 3.03. The van der Waals surface area contributed by atoms with Crippen molar-refractivity contribution in [3.63, 3.8) is 0 Å². The topological polar surface area (TPSA) is 183 Å². The highest BCUT2D eigenvalue weighted by Crippen LogP contribution is 2.35. The van der Waals surface area contributed by atoms with E-state index in [0.29, 0.717) is 55.7 Å². The fourth-order valence-corrected chi connectivity index (χ4v) is 5.46. The summed E-state index contributed by atoms with van der Waals surface area (Å²) in [6.45, 7) is 3.59. The number of nitro groups is 1. The third-order valence-electron chi connectivity index (χ3n) is 6.67. The van der Waals surface area contributed by atoms with Crippen LogP contribution >= 0.6 is 27.5 Å². The van der Waals surface area contributed by atoms with Crippen molar-refractivity contribution < 1.29 is 38.6 Å². The van der Waals surface area contributed by atoms with Crippen molar-refractivity contribution >= 4 is 51.4 Å². The first-order chi connectivity index (χ1) is 22.5. The Kier molecular flexibility index (Phi) is 12.0. The van der Waals surface area contributed by atoms with Crippen molar-refractivity contribution in [2.24, 2.45) is 5.10 Å². The molecule has 0 saturated carbocycles. The second kappa shape index (κ2) is 16.1. The highest BCUT2D eigenvalue weighted by Gasteiger charge is 2.32. The Bertz CT molecular complexity index is 1700. The van der Waals surface area contributed by atoms with Crippen LogP contribution in [0.15, 0.2) is 75.4 Å². The van der Waals surface area contributed by atoms with Crippen LogP contribution in [0.1, 0.15) is 36.6 Å². The number of hydrazone groups is 1. The number of nitrogens with zero attached hydrogens (tertiary/aromatic N) is 2. The van der Waals surface area contributed by atoms with Crippen LogP contribution in [0.3, 0.4) is 0 Å². The second-order valence-corrected chi connectivity index (χ2v) is 11.2. The molecular formula is C31H31BrClN5O9. The molecule has 0 fully saturated rings. The van der Waals surface area contributed by atoms with E-state index >= 15 is 0 Å². The molecular weight excluding hydrogens is 702 g/mol. The van der Waals surface area contributed by atoms with Gasteiger partial charge >= 0.3 is 12.0 Å². The van der Waals surface area contributed by atoms with Gasteiger partial charge in [0.25, 0.3) is 5.69 Å². The molecule has 1 aliphatic heterocycles. The molecule has 3 aromatic carbocycles. The van der Waals surface area contributed by atoms with Gasteiger partial charge in [-0.15, -0.1) is 0 Å². The smallest absolute Gasteiger partial charge is 0.337 e. The summed E-state index contributed by atoms with van der Waals surface area (Å²) >= 11 is 9.66. The molecule has 0 saturated heterocycles. The predicted octanol–water partition coefficient (Wildman–Crippen LogP) is 5.11. The summed E-state index contributed by atoms with van der Waals surface area (Å²) in [5.41, 5.74) is 4.91. The standard InChI is InChI=1S/C31H31BrClN5O9/c1-4-45-25-12-19(28-27(30(40)44-3)17(2)35-31(41)36-28)7-10-24(25)46-16-26(39)37-34-14-20-11-21(33)13-23(32)29(20)47-15-18-5-8-22(9-6-18)38(42)43/h5-14,26,28,37,39H,4,15-16H2,1-3H3,(H2,35,36,41)/b34-14+/t26-,28-/m1/s1. The number of allylic oxidation sites excluding steroid dienone is 1. The third-order valence-corrected chi connectivity index (χ3v) is 7.47. The van der Waals surface area contributed by atoms with Gasteiger partial charge in [0.2, 0.25) is 0 Å². The fraction of sp³-hybridized carbons (Fsp3) is 0.258. The Morgan fingerprint density at radius 3 is 2.60 bits per heavy atom. The van der Waals surface area contributed by atoms with E-state index in [2.05, 4.69) is 37.1 Å². The normalized spacial score (nSPS) is 15.0. The summed E-state index contributed by atoms with van der Waals surface area (Å²) in [5.74, 6) is 0.452. The Labute approximate surface area is 283 Å². The number of ether oxygens (including phenoxy) is 4. The first kappa shape index (κ1) is 35.0. The zero-order chi connectivity index (χ0) is 34.1. The molecule has 0 bridgehead atoms. The predicted molar refractivity (Wildman–Crippen MR) is 176 cm³/mol. The lowest BCUT2D eigenvalue weighted by Crippen LogP contribution is -2.45. The van der Waals surface area contributed by atoms with Gasteiger partial charge in [-0.3, -0.25) is 15.5 Å². The summed E-state index contributed by atoms with van der Waals surface area (Å²) < 4.78 is 23.0. The van der Waals surface area contributed by atoms with Crippen molar-refractivity contribution in [2.75, 3.05) is 20.3 Å². The minimum atomic E-state index is -1.24. The highest BCUT2D eigenvalue weighted by atomic mass is 79.9. The number of amides is 2. The van der Waals surface area contributed by atoms with E-state index in [4.69, 9.17) is 30.5 Å². The van der Waals surface area contributed by atoms with Gasteiger partial charge in [0.05, 0.1) is 40.9 Å². The summed E-state index contributed by atoms with van der Waals surface area (Å²) in [4.78, 5) is 35.1. The largest absolute Gasteiger partial charge is 0.490 e. The zero-order valence-corrected chi connectivity index (χ0v) is 27.8. The summed E-state index contributed by atoms with van der Waals surface area (Å²) in [7, 11) is 1.26. The second-order valence-electron chi connectivity index (χ2n) is 9.93. The SMILES string of the molecule is CCOc1cc([C@H]2NC(=O)NC(C)=C2C(=O)OC)ccc1OC[C@@H](O)N/N=C/c1cc(Cl)cc(Br)c1OCc1ccc([N+](=O)[O-])cc1. The number of rotatable bonds is 14. The van der Waals surface area contributed by atoms with E-state index in [1.807, 2.05) is 0 Å². The van der Waals surface area contributed by atoms with E-state index in [-0.39, 0.29) is 24.5 Å². The van der Waals surface area contributed by atoms with Crippen LogP contribution in [0.2, 0.25) is 5.02 Å². The number of non-ortho nitro benzene ring substituents is 1. The van der Waals surface area contributed by atoms with Crippen molar-refractivity contribution in [3.05, 3.63) is 102 Å². The molecule has 0 unspecified atom stereocenters. The van der Waals surface area contributed by atoms with Crippen molar-refractivity contribution in [1.82, 2.24) is 16.1 Å². The van der Waals surface area contributed by atoms with Crippen LogP contribution in [0.4, 0.5) is 10.5 Å². The first-order valence-corrected chi connectivity index (χ1v) is 15.3. The molecule has 0 spiro atoms. The number of methoxy groups -OCH3 is 1. The van der Waals surface area contributed by atoms with Gasteiger partial charge in [-0.2, -0.15) is 5.10 Å². The molecule has 0 aromatic heterocycles. The molecule has 4 rings (SSSR count). The Morgan fingerprint density at radius 2 is 1.91 bits per heavy atom. The van der Waals surface area contributed by atoms with Crippen LogP contribution < -0.4 is 30.3 Å². The van der Waals surface area contributed by atoms with Crippen LogP contribution in [0.5, 0.6) is 17.2 Å². The molecule has 16 heteroatoms. The number of halogens is 2. The Hall–Kier alpha value is -4.86. The maximum absolute atomic E-state index is 12.5. The number of aliphatic hydroxyl groups excluding tert-OH is 1. The number of urea groups is 1. The van der Waals surface area contributed by atoms with Gasteiger partial charge < -0.3 is 34.7 Å². The molecule has 0 aliphatic carbocycles. The van der Waals surface area contributed by atoms with Gasteiger partial charge in [-0.25, -0.2) is 9.59 Å². The number of carbonyl (C=O) groups excluding carboxylic acids is 2. The molecule has 47 heavy (non-hydrogen) atoms. The molecule has 4 N–H and O–H groups in total. The van der Waals surface area contributed by atoms with Crippen molar-refractivity contribution in [3.8, 4) is 17.2 Å². The van der Waals surface area contributed by atoms with Crippen LogP contribution in [-0.4, -0.2) is 54.8 Å². The van der Waals surface area contributed by atoms with E-state index in [1.54, 1.807) is 56.3 Å². The quantitative estimate of drug-likeness (QED) is 0.0572. The minimum absolute atomic E-state index is 0.0251. The summed E-state index contributed by atoms with van der Waals surface area (Å²) in [6, 6.07) is 12.9. The van der Waals surface area contributed by atoms with Gasteiger partial charge in [0.15, 0.2) is 17.7 Å². The van der Waals surface area contributed by atoms with E-state index in [1.165, 1.54) is 25.5 Å². The summed E-state index contributed by atoms with van der Waals surface area (Å²) in [6.07, 6.45) is 0.167. The number of aliphatic hydroxyl groups is 1. The lowest BCUT2D eigenvalue weighted by Gasteiger charge is -2.28. The van der Waals surface area contributed by atoms with E-state index in [0.717, 1.165) is 0 Å². The summed E-state index contributed by atoms with van der Waals surface area (Å²) in [5, 5.41) is 31.2. The Balaban J connectivity index is 1.42. The van der Waals surface area contributed by atoms with Crippen LogP contribution in [0.25, 0.3) is 0 Å². The minimum Gasteiger partial charge on any atom is -0.490 e. The maximum Gasteiger partial charge on any atom is 0.337 e. The average molecular weight is 733 g/mol. The third kappa shape index (κ3) is 9.12. The molecule has 1 heterocycles. The molecule has 2 atom stereocenters. The maximum atomic E-state index is 12.5. The van der Waals surface area contributed by atoms with Crippen molar-refractivity contribution in [2.45, 2.75) is 32.7 Å². The molecule has 3 aromatic rings. The molecule has 248 valence electrons. The number of carbonyl (C=O) groups is 2. The van der Waals surface area contributed by atoms with Gasteiger partial charge in [-0.1, -0.05) is 17.7 Å². The lowest BCUT2D eigenvalue weighted by atomic mass is 9.95. The lowest BCUT2D eigenvalue weighted by molar-refractivity contribution is -0.384.